The summed E-state index contributed by atoms with van der Waals surface area (Å²) in [6.45, 7) is 8.26. The lowest BCUT2D eigenvalue weighted by Gasteiger charge is -2.29. The average molecular weight is 661 g/mol. The van der Waals surface area contributed by atoms with Crippen LogP contribution in [0.3, 0.4) is 0 Å². The summed E-state index contributed by atoms with van der Waals surface area (Å²) in [7, 11) is -2.91. The fourth-order valence-electron chi connectivity index (χ4n) is 5.11. The number of nitrogens with zero attached hydrogens (tertiary/aromatic N) is 3. The Kier molecular flexibility index (Phi) is 9.49. The van der Waals surface area contributed by atoms with E-state index in [2.05, 4.69) is 20.4 Å². The van der Waals surface area contributed by atoms with E-state index in [1.54, 1.807) is 18.2 Å². The molecule has 250 valence electrons. The number of fused-ring (bicyclic) bond motifs is 2. The molecular formula is C30H41N6O9P. The second-order valence-corrected chi connectivity index (χ2v) is 14.4. The lowest BCUT2D eigenvalue weighted by Crippen LogP contribution is -2.45. The number of nitrogens with two attached hydrogens (primary N) is 1. The first kappa shape index (κ1) is 33.8. The van der Waals surface area contributed by atoms with Crippen molar-refractivity contribution in [3.8, 4) is 5.75 Å². The number of aliphatic hydroxyl groups excluding tert-OH is 1. The highest BCUT2D eigenvalue weighted by atomic mass is 31.2. The number of carbonyl (C=O) groups excluding carboxylic acids is 1. The minimum atomic E-state index is -4.36. The summed E-state index contributed by atoms with van der Waals surface area (Å²) in [5, 5.41) is 29.6. The molecule has 0 amide bonds. The maximum absolute atomic E-state index is 14.3. The quantitative estimate of drug-likeness (QED) is 0.148. The third-order valence-electron chi connectivity index (χ3n) is 7.52. The Balaban J connectivity index is 1.38. The fraction of sp³-hybridized carbons (Fsp3) is 0.500. The number of methoxy groups -OCH3 is 1. The van der Waals surface area contributed by atoms with Crippen LogP contribution in [0.15, 0.2) is 53.8 Å². The standard InChI is InChI=1S/C30H41N6O9P/c1-17(26(38)42-15-29(2,3)4)35-46(40,45-20-13-9-11-18-10-7-8-12-19(18)20)43-14-21-23(37)30(5,39)27(44-21)36-16-32-22-24(36)33-28(31)34-25(22)41-6/h7-13,16-17,21,23,25,27,37,39H,14-15H2,1-6H3,(H,35,40)(H3,31,33,34)/t17?,21-,23-,25?,27-,30-,46?/m1/s1. The highest BCUT2D eigenvalue weighted by Gasteiger charge is 2.54. The van der Waals surface area contributed by atoms with Gasteiger partial charge in [-0.1, -0.05) is 57.2 Å². The fourth-order valence-corrected chi connectivity index (χ4v) is 6.64. The molecule has 0 spiro atoms. The number of anilines is 1. The number of aromatic nitrogens is 2. The number of guanidine groups is 1. The van der Waals surface area contributed by atoms with E-state index in [9.17, 15) is 19.6 Å². The Morgan fingerprint density at radius 3 is 2.70 bits per heavy atom. The summed E-state index contributed by atoms with van der Waals surface area (Å²) >= 11 is 0. The summed E-state index contributed by atoms with van der Waals surface area (Å²) in [6, 6.07) is 11.5. The maximum atomic E-state index is 14.3. The third kappa shape index (κ3) is 7.05. The van der Waals surface area contributed by atoms with Gasteiger partial charge in [-0.15, -0.1) is 0 Å². The second kappa shape index (κ2) is 12.9. The first-order valence-corrected chi connectivity index (χ1v) is 16.3. The predicted molar refractivity (Wildman–Crippen MR) is 169 cm³/mol. The van der Waals surface area contributed by atoms with Crippen molar-refractivity contribution >= 4 is 36.3 Å². The Morgan fingerprint density at radius 1 is 1.26 bits per heavy atom. The van der Waals surface area contributed by atoms with Crippen LogP contribution >= 0.6 is 7.75 Å². The molecule has 2 aliphatic heterocycles. The van der Waals surface area contributed by atoms with Gasteiger partial charge in [0, 0.05) is 12.5 Å². The molecule has 3 unspecified atom stereocenters. The van der Waals surface area contributed by atoms with Gasteiger partial charge in [0.25, 0.3) is 0 Å². The van der Waals surface area contributed by atoms with Crippen LogP contribution in [0.2, 0.25) is 0 Å². The van der Waals surface area contributed by atoms with Crippen LogP contribution in [-0.4, -0.2) is 75.9 Å². The third-order valence-corrected chi connectivity index (χ3v) is 9.15. The zero-order valence-electron chi connectivity index (χ0n) is 26.5. The number of imidazole rings is 1. The van der Waals surface area contributed by atoms with Gasteiger partial charge in [-0.25, -0.2) is 14.5 Å². The van der Waals surface area contributed by atoms with Crippen molar-refractivity contribution in [1.29, 1.82) is 0 Å². The van der Waals surface area contributed by atoms with Crippen LogP contribution in [0.4, 0.5) is 5.82 Å². The first-order valence-electron chi connectivity index (χ1n) is 14.7. The molecule has 16 heteroatoms. The summed E-state index contributed by atoms with van der Waals surface area (Å²) in [5.41, 5.74) is 4.16. The minimum absolute atomic E-state index is 0.0620. The molecule has 7 atom stereocenters. The zero-order chi connectivity index (χ0) is 33.4. The Hall–Kier alpha value is -3.56. The Morgan fingerprint density at radius 2 is 1.98 bits per heavy atom. The molecule has 15 nitrogen and oxygen atoms in total. The number of aliphatic imine (C=N–C) groups is 1. The van der Waals surface area contributed by atoms with Gasteiger partial charge >= 0.3 is 13.7 Å². The van der Waals surface area contributed by atoms with Gasteiger partial charge in [0.05, 0.1) is 19.5 Å². The number of benzene rings is 2. The monoisotopic (exact) mass is 660 g/mol. The molecule has 3 aromatic rings. The number of esters is 1. The van der Waals surface area contributed by atoms with Gasteiger partial charge in [-0.2, -0.15) is 5.09 Å². The molecule has 46 heavy (non-hydrogen) atoms. The van der Waals surface area contributed by atoms with E-state index in [1.807, 2.05) is 45.0 Å². The molecule has 3 heterocycles. The van der Waals surface area contributed by atoms with E-state index in [4.69, 9.17) is 29.0 Å². The number of hydrogen-bond donors (Lipinski definition) is 5. The molecule has 0 aliphatic carbocycles. The van der Waals surface area contributed by atoms with Crippen LogP contribution in [-0.2, 0) is 28.1 Å². The largest absolute Gasteiger partial charge is 0.464 e. The van der Waals surface area contributed by atoms with Crippen LogP contribution in [0.5, 0.6) is 5.75 Å². The van der Waals surface area contributed by atoms with Crippen molar-refractivity contribution in [2.75, 3.05) is 25.6 Å². The number of aliphatic hydroxyl groups is 2. The molecule has 0 radical (unpaired) electrons. The van der Waals surface area contributed by atoms with E-state index in [1.165, 1.54) is 31.9 Å². The molecular weight excluding hydrogens is 619 g/mol. The average Bonchev–Trinajstić information content (AvgIpc) is 3.51. The van der Waals surface area contributed by atoms with E-state index in [-0.39, 0.29) is 23.7 Å². The summed E-state index contributed by atoms with van der Waals surface area (Å²) in [6.07, 6.45) is -3.27. The van der Waals surface area contributed by atoms with Crippen molar-refractivity contribution in [2.24, 2.45) is 16.1 Å². The van der Waals surface area contributed by atoms with E-state index < -0.39 is 56.6 Å². The lowest BCUT2D eigenvalue weighted by atomic mass is 9.96. The lowest BCUT2D eigenvalue weighted by molar-refractivity contribution is -0.148. The zero-order valence-corrected chi connectivity index (χ0v) is 27.4. The van der Waals surface area contributed by atoms with E-state index in [0.29, 0.717) is 16.9 Å². The van der Waals surface area contributed by atoms with Crippen LogP contribution in [0.1, 0.15) is 52.8 Å². The summed E-state index contributed by atoms with van der Waals surface area (Å²) in [4.78, 5) is 21.3. The molecule has 5 rings (SSSR count). The van der Waals surface area contributed by atoms with Crippen molar-refractivity contribution in [3.63, 3.8) is 0 Å². The second-order valence-electron chi connectivity index (χ2n) is 12.7. The number of rotatable bonds is 11. The van der Waals surface area contributed by atoms with Gasteiger partial charge in [0.15, 0.2) is 18.4 Å². The molecule has 1 saturated heterocycles. The molecule has 2 aliphatic rings. The smallest absolute Gasteiger partial charge is 0.459 e. The summed E-state index contributed by atoms with van der Waals surface area (Å²) < 4.78 is 44.5. The SMILES string of the molecule is COC1N=C(N)Nc2c1ncn2[C@@H]1O[C@H](COP(=O)(NC(C)C(=O)OCC(C)(C)C)Oc2cccc3ccccc23)[C@@H](O)[C@@]1(C)O. The van der Waals surface area contributed by atoms with Crippen LogP contribution in [0, 0.1) is 5.41 Å². The number of nitrogens with one attached hydrogen (secondary N) is 2. The predicted octanol–water partition coefficient (Wildman–Crippen LogP) is 3.20. The number of ether oxygens (including phenoxy) is 3. The van der Waals surface area contributed by atoms with E-state index >= 15 is 0 Å². The molecule has 1 fully saturated rings. The molecule has 0 bridgehead atoms. The minimum Gasteiger partial charge on any atom is -0.464 e. The van der Waals surface area contributed by atoms with Gasteiger partial charge in [0.2, 0.25) is 0 Å². The molecule has 0 saturated carbocycles. The van der Waals surface area contributed by atoms with Crippen molar-refractivity contribution < 1.29 is 42.8 Å². The van der Waals surface area contributed by atoms with Crippen molar-refractivity contribution in [1.82, 2.24) is 14.6 Å². The number of carbonyl (C=O) groups is 1. The Labute approximate surface area is 266 Å². The first-order chi connectivity index (χ1) is 21.6. The van der Waals surface area contributed by atoms with Gasteiger partial charge in [0.1, 0.15) is 41.1 Å². The normalized spacial score (nSPS) is 26.5. The van der Waals surface area contributed by atoms with Crippen LogP contribution in [0.25, 0.3) is 10.8 Å². The molecule has 6 N–H and O–H groups in total. The summed E-state index contributed by atoms with van der Waals surface area (Å²) in [5.74, 6) is -0.000437. The maximum Gasteiger partial charge on any atom is 0.459 e. The van der Waals surface area contributed by atoms with Gasteiger partial charge < -0.3 is 40.0 Å². The van der Waals surface area contributed by atoms with Gasteiger partial charge in [-0.3, -0.25) is 13.9 Å². The molecule has 1 aromatic heterocycles. The number of hydrogen-bond acceptors (Lipinski definition) is 13. The van der Waals surface area contributed by atoms with Crippen molar-refractivity contribution in [3.05, 3.63) is 54.5 Å². The van der Waals surface area contributed by atoms with Crippen LogP contribution < -0.4 is 20.7 Å². The van der Waals surface area contributed by atoms with E-state index in [0.717, 1.165) is 5.39 Å². The van der Waals surface area contributed by atoms with Crippen molar-refractivity contribution in [2.45, 2.75) is 70.9 Å². The highest BCUT2D eigenvalue weighted by molar-refractivity contribution is 7.52. The highest BCUT2D eigenvalue weighted by Crippen LogP contribution is 2.49. The topological polar surface area (TPSA) is 201 Å². The molecule has 2 aromatic carbocycles. The van der Waals surface area contributed by atoms with Gasteiger partial charge in [-0.05, 0) is 30.7 Å². The Bertz CT molecular complexity index is 1650.